The standard InChI is InChI=1S/C10H13N5O2S/c1-2-17-9(16)8-7-18-10(13-8)11-3-5-15-6-4-12-14-15/h4,6-7H,2-3,5H2,1H3,(H,11,13). The Morgan fingerprint density at radius 2 is 2.50 bits per heavy atom. The maximum Gasteiger partial charge on any atom is 0.357 e. The second kappa shape index (κ2) is 6.10. The second-order valence-electron chi connectivity index (χ2n) is 3.35. The van der Waals surface area contributed by atoms with Gasteiger partial charge in [-0.2, -0.15) is 0 Å². The Bertz CT molecular complexity index is 496. The van der Waals surface area contributed by atoms with Crippen LogP contribution in [0.15, 0.2) is 17.8 Å². The molecule has 18 heavy (non-hydrogen) atoms. The molecule has 0 aliphatic carbocycles. The molecule has 0 atom stereocenters. The lowest BCUT2D eigenvalue weighted by Crippen LogP contribution is -2.11. The van der Waals surface area contributed by atoms with Crippen LogP contribution in [0.1, 0.15) is 17.4 Å². The average molecular weight is 267 g/mol. The van der Waals surface area contributed by atoms with Crippen molar-refractivity contribution in [1.82, 2.24) is 20.0 Å². The van der Waals surface area contributed by atoms with Gasteiger partial charge in [-0.25, -0.2) is 9.78 Å². The zero-order chi connectivity index (χ0) is 12.8. The predicted molar refractivity (Wildman–Crippen MR) is 66.6 cm³/mol. The number of carbonyl (C=O) groups excluding carboxylic acids is 1. The fourth-order valence-electron chi connectivity index (χ4n) is 1.28. The zero-order valence-electron chi connectivity index (χ0n) is 9.87. The van der Waals surface area contributed by atoms with Crippen molar-refractivity contribution >= 4 is 22.4 Å². The number of rotatable bonds is 6. The molecule has 0 fully saturated rings. The number of nitrogens with zero attached hydrogens (tertiary/aromatic N) is 4. The first kappa shape index (κ1) is 12.5. The molecule has 96 valence electrons. The van der Waals surface area contributed by atoms with Gasteiger partial charge in [0.25, 0.3) is 0 Å². The summed E-state index contributed by atoms with van der Waals surface area (Å²) >= 11 is 1.37. The van der Waals surface area contributed by atoms with E-state index in [1.807, 2.05) is 0 Å². The molecule has 8 heteroatoms. The van der Waals surface area contributed by atoms with Crippen molar-refractivity contribution in [3.8, 4) is 0 Å². The highest BCUT2D eigenvalue weighted by atomic mass is 32.1. The van der Waals surface area contributed by atoms with Crippen LogP contribution in [0, 0.1) is 0 Å². The molecule has 0 spiro atoms. The zero-order valence-corrected chi connectivity index (χ0v) is 10.7. The molecule has 0 amide bonds. The molecule has 0 aliphatic rings. The van der Waals surface area contributed by atoms with E-state index in [4.69, 9.17) is 4.74 Å². The first-order valence-electron chi connectivity index (χ1n) is 5.50. The normalized spacial score (nSPS) is 10.3. The number of nitrogens with one attached hydrogen (secondary N) is 1. The van der Waals surface area contributed by atoms with Gasteiger partial charge >= 0.3 is 5.97 Å². The topological polar surface area (TPSA) is 81.9 Å². The fraction of sp³-hybridized carbons (Fsp3) is 0.400. The number of carbonyl (C=O) groups is 1. The summed E-state index contributed by atoms with van der Waals surface area (Å²) in [6.07, 6.45) is 3.41. The number of anilines is 1. The summed E-state index contributed by atoms with van der Waals surface area (Å²) in [6, 6.07) is 0. The van der Waals surface area contributed by atoms with E-state index in [9.17, 15) is 4.79 Å². The lowest BCUT2D eigenvalue weighted by atomic mass is 10.5. The van der Waals surface area contributed by atoms with Crippen molar-refractivity contribution in [2.24, 2.45) is 0 Å². The first-order chi connectivity index (χ1) is 8.79. The second-order valence-corrected chi connectivity index (χ2v) is 4.21. The molecule has 0 aromatic carbocycles. The lowest BCUT2D eigenvalue weighted by molar-refractivity contribution is 0.0520. The smallest absolute Gasteiger partial charge is 0.357 e. The molecular weight excluding hydrogens is 254 g/mol. The van der Waals surface area contributed by atoms with Crippen molar-refractivity contribution in [2.45, 2.75) is 13.5 Å². The van der Waals surface area contributed by atoms with Gasteiger partial charge in [-0.15, -0.1) is 16.4 Å². The van der Waals surface area contributed by atoms with Gasteiger partial charge in [0, 0.05) is 18.1 Å². The van der Waals surface area contributed by atoms with Crippen molar-refractivity contribution in [2.75, 3.05) is 18.5 Å². The van der Waals surface area contributed by atoms with Crippen molar-refractivity contribution in [3.63, 3.8) is 0 Å². The van der Waals surface area contributed by atoms with E-state index in [1.165, 1.54) is 11.3 Å². The van der Waals surface area contributed by atoms with Gasteiger partial charge in [0.2, 0.25) is 0 Å². The third-order valence-electron chi connectivity index (χ3n) is 2.08. The quantitative estimate of drug-likeness (QED) is 0.787. The third-order valence-corrected chi connectivity index (χ3v) is 2.88. The largest absolute Gasteiger partial charge is 0.461 e. The van der Waals surface area contributed by atoms with E-state index >= 15 is 0 Å². The summed E-state index contributed by atoms with van der Waals surface area (Å²) in [5, 5.41) is 13.0. The van der Waals surface area contributed by atoms with Crippen LogP contribution in [0.4, 0.5) is 5.13 Å². The van der Waals surface area contributed by atoms with Crippen molar-refractivity contribution in [1.29, 1.82) is 0 Å². The van der Waals surface area contributed by atoms with Gasteiger partial charge in [0.05, 0.1) is 19.3 Å². The molecule has 0 saturated carbocycles. The monoisotopic (exact) mass is 267 g/mol. The molecule has 2 heterocycles. The van der Waals surface area contributed by atoms with E-state index in [0.29, 0.717) is 30.5 Å². The van der Waals surface area contributed by atoms with Crippen molar-refractivity contribution < 1.29 is 9.53 Å². The minimum absolute atomic E-state index is 0.338. The van der Waals surface area contributed by atoms with E-state index < -0.39 is 5.97 Å². The molecule has 1 N–H and O–H groups in total. The fourth-order valence-corrected chi connectivity index (χ4v) is 1.99. The first-order valence-corrected chi connectivity index (χ1v) is 6.38. The number of hydrogen-bond acceptors (Lipinski definition) is 7. The summed E-state index contributed by atoms with van der Waals surface area (Å²) < 4.78 is 6.57. The van der Waals surface area contributed by atoms with Gasteiger partial charge in [0.1, 0.15) is 0 Å². The maximum absolute atomic E-state index is 11.4. The van der Waals surface area contributed by atoms with Gasteiger partial charge in [-0.1, -0.05) is 5.21 Å². The molecule has 0 aliphatic heterocycles. The van der Waals surface area contributed by atoms with Gasteiger partial charge < -0.3 is 10.1 Å². The van der Waals surface area contributed by atoms with E-state index in [-0.39, 0.29) is 0 Å². The van der Waals surface area contributed by atoms with Crippen LogP contribution in [-0.2, 0) is 11.3 Å². The Kier molecular flexibility index (Phi) is 4.24. The number of thiazole rings is 1. The summed E-state index contributed by atoms with van der Waals surface area (Å²) in [5.41, 5.74) is 0.338. The average Bonchev–Trinajstić information content (AvgIpc) is 3.00. The van der Waals surface area contributed by atoms with Crippen LogP contribution in [0.5, 0.6) is 0 Å². The highest BCUT2D eigenvalue weighted by Crippen LogP contribution is 2.15. The van der Waals surface area contributed by atoms with Crippen LogP contribution in [0.2, 0.25) is 0 Å². The van der Waals surface area contributed by atoms with Gasteiger partial charge in [0.15, 0.2) is 10.8 Å². The molecule has 7 nitrogen and oxygen atoms in total. The van der Waals surface area contributed by atoms with E-state index in [0.717, 1.165) is 0 Å². The Morgan fingerprint density at radius 3 is 3.22 bits per heavy atom. The Balaban J connectivity index is 1.81. The van der Waals surface area contributed by atoms with Crippen LogP contribution in [-0.4, -0.2) is 39.1 Å². The molecule has 0 saturated heterocycles. The Morgan fingerprint density at radius 1 is 1.61 bits per heavy atom. The number of ether oxygens (including phenoxy) is 1. The molecular formula is C10H13N5O2S. The summed E-state index contributed by atoms with van der Waals surface area (Å²) in [7, 11) is 0. The van der Waals surface area contributed by atoms with E-state index in [2.05, 4.69) is 20.6 Å². The van der Waals surface area contributed by atoms with Crippen molar-refractivity contribution in [3.05, 3.63) is 23.5 Å². The van der Waals surface area contributed by atoms with Crippen LogP contribution in [0.25, 0.3) is 0 Å². The van der Waals surface area contributed by atoms with Crippen LogP contribution in [0.3, 0.4) is 0 Å². The Hall–Kier alpha value is -1.96. The lowest BCUT2D eigenvalue weighted by Gasteiger charge is -2.01. The number of hydrogen-bond donors (Lipinski definition) is 1. The summed E-state index contributed by atoms with van der Waals surface area (Å²) in [6.45, 7) is 3.47. The SMILES string of the molecule is CCOC(=O)c1csc(NCCn2ccnn2)n1. The predicted octanol–water partition coefficient (Wildman–Crippen LogP) is 1.02. The summed E-state index contributed by atoms with van der Waals surface area (Å²) in [4.78, 5) is 15.5. The van der Waals surface area contributed by atoms with E-state index in [1.54, 1.807) is 29.4 Å². The van der Waals surface area contributed by atoms with Crippen LogP contribution >= 0.6 is 11.3 Å². The molecule has 2 aromatic rings. The van der Waals surface area contributed by atoms with Gasteiger partial charge in [-0.3, -0.25) is 4.68 Å². The minimum Gasteiger partial charge on any atom is -0.461 e. The third kappa shape index (κ3) is 3.27. The maximum atomic E-state index is 11.4. The highest BCUT2D eigenvalue weighted by molar-refractivity contribution is 7.13. The van der Waals surface area contributed by atoms with Crippen LogP contribution < -0.4 is 5.32 Å². The molecule has 2 rings (SSSR count). The minimum atomic E-state index is -0.391. The van der Waals surface area contributed by atoms with Gasteiger partial charge in [-0.05, 0) is 6.92 Å². The molecule has 0 unspecified atom stereocenters. The molecule has 0 bridgehead atoms. The summed E-state index contributed by atoms with van der Waals surface area (Å²) in [5.74, 6) is -0.391. The molecule has 0 radical (unpaired) electrons. The highest BCUT2D eigenvalue weighted by Gasteiger charge is 2.10. The molecule has 2 aromatic heterocycles. The number of esters is 1. The number of aromatic nitrogens is 4. The Labute approximate surface area is 108 Å².